The first kappa shape index (κ1) is 13.8. The fourth-order valence-corrected chi connectivity index (χ4v) is 2.43. The van der Waals surface area contributed by atoms with Gasteiger partial charge in [0.05, 0.1) is 5.69 Å². The van der Waals surface area contributed by atoms with E-state index in [0.29, 0.717) is 18.8 Å². The standard InChI is InChI=1S/C14H20FN3O/c1-9(16-3)11-5-4-6-12(15)13(11)18-8-7-17-14(19)10(18)2/h4-6,9-10,16H,7-8H2,1-3H3,(H,17,19). The maximum absolute atomic E-state index is 14.2. The van der Waals surface area contributed by atoms with Crippen molar-refractivity contribution in [3.63, 3.8) is 0 Å². The van der Waals surface area contributed by atoms with Crippen molar-refractivity contribution in [2.75, 3.05) is 25.0 Å². The van der Waals surface area contributed by atoms with Crippen LogP contribution in [0.25, 0.3) is 0 Å². The van der Waals surface area contributed by atoms with Crippen molar-refractivity contribution in [2.24, 2.45) is 0 Å². The van der Waals surface area contributed by atoms with Crippen LogP contribution in [0, 0.1) is 5.82 Å². The highest BCUT2D eigenvalue weighted by molar-refractivity contribution is 5.86. The van der Waals surface area contributed by atoms with Crippen molar-refractivity contribution < 1.29 is 9.18 Å². The molecular weight excluding hydrogens is 245 g/mol. The third kappa shape index (κ3) is 2.56. The lowest BCUT2D eigenvalue weighted by Gasteiger charge is -2.36. The highest BCUT2D eigenvalue weighted by Gasteiger charge is 2.29. The number of carbonyl (C=O) groups is 1. The van der Waals surface area contributed by atoms with E-state index in [4.69, 9.17) is 0 Å². The zero-order valence-corrected chi connectivity index (χ0v) is 11.5. The molecule has 104 valence electrons. The van der Waals surface area contributed by atoms with Gasteiger partial charge in [0.15, 0.2) is 0 Å². The van der Waals surface area contributed by atoms with Gasteiger partial charge < -0.3 is 15.5 Å². The summed E-state index contributed by atoms with van der Waals surface area (Å²) in [5, 5.41) is 5.92. The summed E-state index contributed by atoms with van der Waals surface area (Å²) in [6.07, 6.45) is 0. The molecular formula is C14H20FN3O. The molecule has 1 saturated heterocycles. The molecule has 0 radical (unpaired) electrons. The SMILES string of the molecule is CNC(C)c1cccc(F)c1N1CCNC(=O)C1C. The lowest BCUT2D eigenvalue weighted by atomic mass is 10.0. The zero-order chi connectivity index (χ0) is 14.0. The molecule has 1 aromatic carbocycles. The summed E-state index contributed by atoms with van der Waals surface area (Å²) in [6, 6.07) is 4.73. The molecule has 0 saturated carbocycles. The van der Waals surface area contributed by atoms with Crippen LogP contribution in [-0.2, 0) is 4.79 Å². The number of piperazine rings is 1. The van der Waals surface area contributed by atoms with Gasteiger partial charge in [0, 0.05) is 19.1 Å². The summed E-state index contributed by atoms with van der Waals surface area (Å²) in [6.45, 7) is 4.95. The Bertz CT molecular complexity index is 478. The third-order valence-corrected chi connectivity index (χ3v) is 3.70. The molecule has 4 nitrogen and oxygen atoms in total. The minimum atomic E-state index is -0.353. The van der Waals surface area contributed by atoms with Crippen molar-refractivity contribution in [1.29, 1.82) is 0 Å². The van der Waals surface area contributed by atoms with E-state index in [0.717, 1.165) is 5.56 Å². The molecule has 0 bridgehead atoms. The van der Waals surface area contributed by atoms with Gasteiger partial charge in [0.25, 0.3) is 0 Å². The minimum Gasteiger partial charge on any atom is -0.355 e. The number of rotatable bonds is 3. The first-order chi connectivity index (χ1) is 9.06. The first-order valence-electron chi connectivity index (χ1n) is 6.56. The average Bonchev–Trinajstić information content (AvgIpc) is 2.41. The summed E-state index contributed by atoms with van der Waals surface area (Å²) in [5.41, 5.74) is 1.41. The maximum atomic E-state index is 14.2. The van der Waals surface area contributed by atoms with Gasteiger partial charge in [-0.05, 0) is 32.5 Å². The van der Waals surface area contributed by atoms with E-state index < -0.39 is 0 Å². The van der Waals surface area contributed by atoms with Crippen molar-refractivity contribution in [2.45, 2.75) is 25.9 Å². The normalized spacial score (nSPS) is 21.2. The van der Waals surface area contributed by atoms with E-state index in [1.54, 1.807) is 13.0 Å². The predicted octanol–water partition coefficient (Wildman–Crippen LogP) is 1.43. The average molecular weight is 265 g/mol. The molecule has 2 N–H and O–H groups in total. The summed E-state index contributed by atoms with van der Waals surface area (Å²) >= 11 is 0. The van der Waals surface area contributed by atoms with Crippen LogP contribution in [0.3, 0.4) is 0 Å². The van der Waals surface area contributed by atoms with E-state index in [2.05, 4.69) is 10.6 Å². The highest BCUT2D eigenvalue weighted by atomic mass is 19.1. The molecule has 0 aliphatic carbocycles. The van der Waals surface area contributed by atoms with Crippen molar-refractivity contribution >= 4 is 11.6 Å². The maximum Gasteiger partial charge on any atom is 0.242 e. The van der Waals surface area contributed by atoms with Gasteiger partial charge in [-0.3, -0.25) is 4.79 Å². The number of anilines is 1. The number of nitrogens with one attached hydrogen (secondary N) is 2. The number of benzene rings is 1. The summed E-state index contributed by atoms with van der Waals surface area (Å²) in [5.74, 6) is -0.335. The molecule has 1 fully saturated rings. The summed E-state index contributed by atoms with van der Waals surface area (Å²) in [4.78, 5) is 13.6. The van der Waals surface area contributed by atoms with Gasteiger partial charge in [-0.2, -0.15) is 0 Å². The van der Waals surface area contributed by atoms with Gasteiger partial charge >= 0.3 is 0 Å². The van der Waals surface area contributed by atoms with Gasteiger partial charge in [0.2, 0.25) is 5.91 Å². The smallest absolute Gasteiger partial charge is 0.242 e. The number of amides is 1. The molecule has 1 amide bonds. The van der Waals surface area contributed by atoms with Crippen molar-refractivity contribution in [3.8, 4) is 0 Å². The van der Waals surface area contributed by atoms with Crippen LogP contribution >= 0.6 is 0 Å². The second-order valence-electron chi connectivity index (χ2n) is 4.85. The Morgan fingerprint density at radius 3 is 2.95 bits per heavy atom. The Hall–Kier alpha value is -1.62. The van der Waals surface area contributed by atoms with Crippen LogP contribution in [0.5, 0.6) is 0 Å². The molecule has 1 aliphatic heterocycles. The monoisotopic (exact) mass is 265 g/mol. The Labute approximate surface area is 113 Å². The molecule has 1 aliphatic rings. The number of hydrogen-bond donors (Lipinski definition) is 2. The lowest BCUT2D eigenvalue weighted by Crippen LogP contribution is -2.54. The Kier molecular flexibility index (Phi) is 4.04. The molecule has 2 rings (SSSR count). The molecule has 2 unspecified atom stereocenters. The van der Waals surface area contributed by atoms with Crippen LogP contribution < -0.4 is 15.5 Å². The fraction of sp³-hybridized carbons (Fsp3) is 0.500. The number of hydrogen-bond acceptors (Lipinski definition) is 3. The van der Waals surface area contributed by atoms with Crippen molar-refractivity contribution in [1.82, 2.24) is 10.6 Å². The van der Waals surface area contributed by atoms with Crippen LogP contribution in [-0.4, -0.2) is 32.1 Å². The number of carbonyl (C=O) groups excluding carboxylic acids is 1. The topological polar surface area (TPSA) is 44.4 Å². The Morgan fingerprint density at radius 1 is 1.53 bits per heavy atom. The molecule has 0 spiro atoms. The van der Waals surface area contributed by atoms with Gasteiger partial charge in [-0.1, -0.05) is 12.1 Å². The van der Waals surface area contributed by atoms with E-state index in [1.807, 2.05) is 24.9 Å². The Morgan fingerprint density at radius 2 is 2.26 bits per heavy atom. The number of para-hydroxylation sites is 1. The largest absolute Gasteiger partial charge is 0.355 e. The van der Waals surface area contributed by atoms with Gasteiger partial charge in [0.1, 0.15) is 11.9 Å². The van der Waals surface area contributed by atoms with E-state index >= 15 is 0 Å². The van der Waals surface area contributed by atoms with E-state index in [1.165, 1.54) is 6.07 Å². The lowest BCUT2D eigenvalue weighted by molar-refractivity contribution is -0.122. The minimum absolute atomic E-state index is 0.0305. The zero-order valence-electron chi connectivity index (χ0n) is 11.5. The van der Waals surface area contributed by atoms with Gasteiger partial charge in [-0.15, -0.1) is 0 Å². The Balaban J connectivity index is 2.45. The van der Waals surface area contributed by atoms with Crippen LogP contribution in [0.15, 0.2) is 18.2 Å². The summed E-state index contributed by atoms with van der Waals surface area (Å²) < 4.78 is 14.2. The summed E-state index contributed by atoms with van der Waals surface area (Å²) in [7, 11) is 1.84. The van der Waals surface area contributed by atoms with Crippen LogP contribution in [0.4, 0.5) is 10.1 Å². The molecule has 2 atom stereocenters. The first-order valence-corrected chi connectivity index (χ1v) is 6.56. The van der Waals surface area contributed by atoms with Crippen molar-refractivity contribution in [3.05, 3.63) is 29.6 Å². The van der Waals surface area contributed by atoms with Crippen LogP contribution in [0.1, 0.15) is 25.5 Å². The van der Waals surface area contributed by atoms with Crippen LogP contribution in [0.2, 0.25) is 0 Å². The predicted molar refractivity (Wildman–Crippen MR) is 73.7 cm³/mol. The second kappa shape index (κ2) is 5.57. The molecule has 19 heavy (non-hydrogen) atoms. The molecule has 5 heteroatoms. The second-order valence-corrected chi connectivity index (χ2v) is 4.85. The van der Waals surface area contributed by atoms with Gasteiger partial charge in [-0.25, -0.2) is 4.39 Å². The quantitative estimate of drug-likeness (QED) is 0.869. The molecule has 1 heterocycles. The highest BCUT2D eigenvalue weighted by Crippen LogP contribution is 2.31. The fourth-order valence-electron chi connectivity index (χ4n) is 2.43. The number of halogens is 1. The van der Waals surface area contributed by atoms with E-state index in [9.17, 15) is 9.18 Å². The molecule has 0 aromatic heterocycles. The van der Waals surface area contributed by atoms with E-state index in [-0.39, 0.29) is 23.8 Å². The molecule has 1 aromatic rings. The number of nitrogens with zero attached hydrogens (tertiary/aromatic N) is 1. The third-order valence-electron chi connectivity index (χ3n) is 3.70.